The van der Waals surface area contributed by atoms with E-state index in [-0.39, 0.29) is 12.8 Å². The SMILES string of the molecule is CCCCc1ccc2ccccc2c1CP(=O)(O)OCC. The van der Waals surface area contributed by atoms with Crippen LogP contribution in [-0.4, -0.2) is 11.5 Å². The van der Waals surface area contributed by atoms with E-state index < -0.39 is 7.60 Å². The first-order valence-electron chi connectivity index (χ1n) is 7.53. The van der Waals surface area contributed by atoms with Gasteiger partial charge in [0.1, 0.15) is 0 Å². The molecule has 0 bridgehead atoms. The average molecular weight is 306 g/mol. The van der Waals surface area contributed by atoms with E-state index in [0.717, 1.165) is 41.2 Å². The van der Waals surface area contributed by atoms with Gasteiger partial charge in [-0.3, -0.25) is 4.57 Å². The van der Waals surface area contributed by atoms with Crippen LogP contribution in [0.1, 0.15) is 37.8 Å². The van der Waals surface area contributed by atoms with Crippen molar-refractivity contribution < 1.29 is 14.0 Å². The summed E-state index contributed by atoms with van der Waals surface area (Å²) >= 11 is 0. The molecule has 21 heavy (non-hydrogen) atoms. The molecule has 0 aromatic heterocycles. The van der Waals surface area contributed by atoms with E-state index >= 15 is 0 Å². The molecule has 0 aliphatic heterocycles. The van der Waals surface area contributed by atoms with Crippen LogP contribution in [0.4, 0.5) is 0 Å². The maximum Gasteiger partial charge on any atom is 0.332 e. The Kier molecular flexibility index (Phi) is 5.58. The minimum atomic E-state index is -3.58. The number of hydrogen-bond donors (Lipinski definition) is 1. The van der Waals surface area contributed by atoms with Crippen molar-refractivity contribution in [2.75, 3.05) is 6.61 Å². The lowest BCUT2D eigenvalue weighted by Gasteiger charge is -2.16. The van der Waals surface area contributed by atoms with Gasteiger partial charge in [0.25, 0.3) is 0 Å². The summed E-state index contributed by atoms with van der Waals surface area (Å²) in [5.41, 5.74) is 2.12. The van der Waals surface area contributed by atoms with Gasteiger partial charge in [-0.15, -0.1) is 0 Å². The Balaban J connectivity index is 2.47. The minimum absolute atomic E-state index is 0.0846. The van der Waals surface area contributed by atoms with E-state index in [2.05, 4.69) is 19.1 Å². The Labute approximate surface area is 126 Å². The first-order valence-corrected chi connectivity index (χ1v) is 9.29. The summed E-state index contributed by atoms with van der Waals surface area (Å²) in [6, 6.07) is 12.2. The molecule has 0 saturated heterocycles. The predicted molar refractivity (Wildman–Crippen MR) is 87.7 cm³/mol. The van der Waals surface area contributed by atoms with E-state index in [1.807, 2.05) is 24.3 Å². The van der Waals surface area contributed by atoms with Crippen LogP contribution in [0, 0.1) is 0 Å². The van der Waals surface area contributed by atoms with Gasteiger partial charge < -0.3 is 9.42 Å². The highest BCUT2D eigenvalue weighted by molar-refractivity contribution is 7.52. The first-order chi connectivity index (χ1) is 10.1. The Morgan fingerprint density at radius 1 is 1.14 bits per heavy atom. The van der Waals surface area contributed by atoms with Crippen LogP contribution < -0.4 is 0 Å². The second-order valence-electron chi connectivity index (χ2n) is 5.24. The number of unbranched alkanes of at least 4 members (excludes halogenated alkanes) is 1. The Morgan fingerprint density at radius 2 is 1.90 bits per heavy atom. The van der Waals surface area contributed by atoms with Crippen molar-refractivity contribution in [2.45, 2.75) is 39.3 Å². The molecule has 3 nitrogen and oxygen atoms in total. The number of fused-ring (bicyclic) bond motifs is 1. The van der Waals surface area contributed by atoms with E-state index in [1.54, 1.807) is 6.92 Å². The van der Waals surface area contributed by atoms with Gasteiger partial charge in [0.05, 0.1) is 12.8 Å². The molecule has 0 heterocycles. The molecular formula is C17H23O3P. The third kappa shape index (κ3) is 4.16. The van der Waals surface area contributed by atoms with Gasteiger partial charge in [-0.2, -0.15) is 0 Å². The average Bonchev–Trinajstić information content (AvgIpc) is 2.46. The van der Waals surface area contributed by atoms with Crippen LogP contribution in [0.2, 0.25) is 0 Å². The molecule has 0 fully saturated rings. The molecule has 2 rings (SSSR count). The van der Waals surface area contributed by atoms with Crippen molar-refractivity contribution in [3.63, 3.8) is 0 Å². The van der Waals surface area contributed by atoms with Gasteiger partial charge in [0.2, 0.25) is 0 Å². The lowest BCUT2D eigenvalue weighted by atomic mass is 9.97. The van der Waals surface area contributed by atoms with Crippen molar-refractivity contribution in [1.29, 1.82) is 0 Å². The van der Waals surface area contributed by atoms with Crippen LogP contribution in [0.15, 0.2) is 36.4 Å². The molecule has 0 amide bonds. The second-order valence-corrected chi connectivity index (χ2v) is 7.09. The van der Waals surface area contributed by atoms with Crippen molar-refractivity contribution in [3.8, 4) is 0 Å². The molecule has 0 saturated carbocycles. The van der Waals surface area contributed by atoms with Gasteiger partial charge >= 0.3 is 7.60 Å². The van der Waals surface area contributed by atoms with Gasteiger partial charge in [0.15, 0.2) is 0 Å². The third-order valence-electron chi connectivity index (χ3n) is 3.63. The quantitative estimate of drug-likeness (QED) is 0.740. The third-order valence-corrected chi connectivity index (χ3v) is 5.00. The second kappa shape index (κ2) is 7.22. The van der Waals surface area contributed by atoms with Crippen molar-refractivity contribution in [3.05, 3.63) is 47.5 Å². The molecule has 1 unspecified atom stereocenters. The summed E-state index contributed by atoms with van der Waals surface area (Å²) in [7, 11) is -3.58. The molecule has 1 atom stereocenters. The number of benzene rings is 2. The van der Waals surface area contributed by atoms with Crippen LogP contribution >= 0.6 is 7.60 Å². The molecule has 0 aliphatic rings. The smallest absolute Gasteiger partial charge is 0.324 e. The molecule has 4 heteroatoms. The van der Waals surface area contributed by atoms with E-state index in [1.165, 1.54) is 0 Å². The number of rotatable bonds is 7. The summed E-state index contributed by atoms with van der Waals surface area (Å²) in [6.45, 7) is 4.14. The maximum absolute atomic E-state index is 12.2. The molecule has 2 aromatic carbocycles. The zero-order valence-corrected chi connectivity index (χ0v) is 13.6. The summed E-state index contributed by atoms with van der Waals surface area (Å²) in [4.78, 5) is 10.0. The van der Waals surface area contributed by atoms with E-state index in [0.29, 0.717) is 0 Å². The fourth-order valence-corrected chi connectivity index (χ4v) is 3.88. The zero-order chi connectivity index (χ0) is 15.3. The maximum atomic E-state index is 12.2. The molecule has 0 aliphatic carbocycles. The van der Waals surface area contributed by atoms with Gasteiger partial charge in [-0.1, -0.05) is 49.7 Å². The molecule has 0 spiro atoms. The lowest BCUT2D eigenvalue weighted by molar-refractivity contribution is 0.272. The summed E-state index contributed by atoms with van der Waals surface area (Å²) in [5.74, 6) is 0. The molecule has 114 valence electrons. The Bertz CT molecular complexity index is 652. The van der Waals surface area contributed by atoms with Gasteiger partial charge in [0, 0.05) is 0 Å². The van der Waals surface area contributed by atoms with Crippen molar-refractivity contribution in [1.82, 2.24) is 0 Å². The fraction of sp³-hybridized carbons (Fsp3) is 0.412. The minimum Gasteiger partial charge on any atom is -0.324 e. The Hall–Kier alpha value is -1.15. The fourth-order valence-electron chi connectivity index (χ4n) is 2.62. The Morgan fingerprint density at radius 3 is 2.62 bits per heavy atom. The molecule has 1 N–H and O–H groups in total. The normalized spacial score (nSPS) is 14.2. The van der Waals surface area contributed by atoms with Crippen LogP contribution in [-0.2, 0) is 21.7 Å². The van der Waals surface area contributed by atoms with Crippen LogP contribution in [0.3, 0.4) is 0 Å². The van der Waals surface area contributed by atoms with Gasteiger partial charge in [-0.25, -0.2) is 0 Å². The highest BCUT2D eigenvalue weighted by atomic mass is 31.2. The topological polar surface area (TPSA) is 46.5 Å². The number of aryl methyl sites for hydroxylation is 1. The largest absolute Gasteiger partial charge is 0.332 e. The molecule has 0 radical (unpaired) electrons. The van der Waals surface area contributed by atoms with E-state index in [9.17, 15) is 9.46 Å². The highest BCUT2D eigenvalue weighted by Gasteiger charge is 2.22. The van der Waals surface area contributed by atoms with Crippen LogP contribution in [0.25, 0.3) is 10.8 Å². The zero-order valence-electron chi connectivity index (χ0n) is 12.7. The standard InChI is InChI=1S/C17H23O3P/c1-3-5-8-15-12-11-14-9-6-7-10-16(14)17(15)13-21(18,19)20-4-2/h6-7,9-12H,3-5,8,13H2,1-2H3,(H,18,19). The van der Waals surface area contributed by atoms with E-state index in [4.69, 9.17) is 4.52 Å². The summed E-state index contributed by atoms with van der Waals surface area (Å²) < 4.78 is 17.2. The number of hydrogen-bond acceptors (Lipinski definition) is 2. The molecular weight excluding hydrogens is 283 g/mol. The monoisotopic (exact) mass is 306 g/mol. The summed E-state index contributed by atoms with van der Waals surface area (Å²) in [6.07, 6.45) is 3.20. The first kappa shape index (κ1) is 16.2. The van der Waals surface area contributed by atoms with Crippen LogP contribution in [0.5, 0.6) is 0 Å². The van der Waals surface area contributed by atoms with Gasteiger partial charge in [-0.05, 0) is 41.7 Å². The summed E-state index contributed by atoms with van der Waals surface area (Å²) in [5, 5.41) is 2.16. The van der Waals surface area contributed by atoms with Crippen molar-refractivity contribution in [2.24, 2.45) is 0 Å². The molecule has 2 aromatic rings. The highest BCUT2D eigenvalue weighted by Crippen LogP contribution is 2.47. The van der Waals surface area contributed by atoms with Crippen molar-refractivity contribution >= 4 is 18.4 Å². The predicted octanol–water partition coefficient (Wildman–Crippen LogP) is 4.90. The lowest BCUT2D eigenvalue weighted by Crippen LogP contribution is -2.00.